The highest BCUT2D eigenvalue weighted by Gasteiger charge is 2.00. The van der Waals surface area contributed by atoms with Crippen LogP contribution < -0.4 is 5.73 Å². The van der Waals surface area contributed by atoms with Crippen molar-refractivity contribution in [3.63, 3.8) is 0 Å². The molecule has 0 radical (unpaired) electrons. The van der Waals surface area contributed by atoms with Gasteiger partial charge < -0.3 is 5.73 Å². The van der Waals surface area contributed by atoms with Gasteiger partial charge in [0.15, 0.2) is 0 Å². The van der Waals surface area contributed by atoms with Gasteiger partial charge in [0.25, 0.3) is 0 Å². The molecule has 0 aliphatic carbocycles. The first-order chi connectivity index (χ1) is 6.25. The van der Waals surface area contributed by atoms with Crippen molar-refractivity contribution < 1.29 is 0 Å². The van der Waals surface area contributed by atoms with Crippen molar-refractivity contribution in [2.45, 2.75) is 0 Å². The molecule has 0 saturated heterocycles. The molecule has 1 heterocycles. The maximum atomic E-state index is 5.51. The molecule has 5 heteroatoms. The number of nitrogens with two attached hydrogens (primary N) is 1. The molecule has 74 valence electrons. The number of aromatic nitrogens is 2. The third-order valence-electron chi connectivity index (χ3n) is 1.73. The third kappa shape index (κ3) is 2.39. The molecular formula is C9H9ClIN3. The van der Waals surface area contributed by atoms with E-state index in [9.17, 15) is 0 Å². The zero-order valence-electron chi connectivity index (χ0n) is 7.20. The second-order valence-electron chi connectivity index (χ2n) is 2.72. The van der Waals surface area contributed by atoms with E-state index in [-0.39, 0.29) is 12.4 Å². The lowest BCUT2D eigenvalue weighted by Crippen LogP contribution is -1.81. The van der Waals surface area contributed by atoms with Crippen LogP contribution in [0, 0.1) is 3.57 Å². The van der Waals surface area contributed by atoms with Gasteiger partial charge in [0, 0.05) is 15.2 Å². The summed E-state index contributed by atoms with van der Waals surface area (Å²) >= 11 is 2.27. The Balaban J connectivity index is 0.000000980. The lowest BCUT2D eigenvalue weighted by atomic mass is 10.2. The Morgan fingerprint density at radius 1 is 1.29 bits per heavy atom. The Labute approximate surface area is 102 Å². The summed E-state index contributed by atoms with van der Waals surface area (Å²) in [5.74, 6) is 0.522. The highest BCUT2D eigenvalue weighted by Crippen LogP contribution is 2.20. The average Bonchev–Trinajstić information content (AvgIpc) is 2.52. The molecule has 0 saturated carbocycles. The summed E-state index contributed by atoms with van der Waals surface area (Å²) in [6.07, 6.45) is 0. The summed E-state index contributed by atoms with van der Waals surface area (Å²) in [7, 11) is 0. The van der Waals surface area contributed by atoms with Crippen LogP contribution >= 0.6 is 35.0 Å². The second kappa shape index (κ2) is 4.65. The zero-order chi connectivity index (χ0) is 9.26. The molecule has 0 aliphatic rings. The number of aromatic amines is 1. The molecule has 14 heavy (non-hydrogen) atoms. The molecule has 0 atom stereocenters. The van der Waals surface area contributed by atoms with Crippen LogP contribution in [0.2, 0.25) is 0 Å². The van der Waals surface area contributed by atoms with Gasteiger partial charge in [0.2, 0.25) is 0 Å². The molecule has 3 N–H and O–H groups in total. The number of hydrogen-bond donors (Lipinski definition) is 2. The fraction of sp³-hybridized carbons (Fsp3) is 0. The Bertz CT molecular complexity index is 428. The van der Waals surface area contributed by atoms with Gasteiger partial charge in [-0.1, -0.05) is 12.1 Å². The van der Waals surface area contributed by atoms with Crippen LogP contribution in [0.5, 0.6) is 0 Å². The zero-order valence-corrected chi connectivity index (χ0v) is 10.2. The van der Waals surface area contributed by atoms with Crippen molar-refractivity contribution in [1.82, 2.24) is 10.2 Å². The van der Waals surface area contributed by atoms with Crippen molar-refractivity contribution in [3.05, 3.63) is 33.9 Å². The normalized spacial score (nSPS) is 9.50. The molecule has 0 fully saturated rings. The molecule has 0 amide bonds. The lowest BCUT2D eigenvalue weighted by molar-refractivity contribution is 1.10. The minimum atomic E-state index is 0. The highest BCUT2D eigenvalue weighted by molar-refractivity contribution is 14.1. The highest BCUT2D eigenvalue weighted by atomic mass is 127. The summed E-state index contributed by atoms with van der Waals surface area (Å²) < 4.78 is 1.20. The van der Waals surface area contributed by atoms with Crippen LogP contribution in [0.25, 0.3) is 11.3 Å². The van der Waals surface area contributed by atoms with E-state index in [0.29, 0.717) is 5.82 Å². The lowest BCUT2D eigenvalue weighted by Gasteiger charge is -1.96. The summed E-state index contributed by atoms with van der Waals surface area (Å²) in [4.78, 5) is 0. The first kappa shape index (κ1) is 11.3. The van der Waals surface area contributed by atoms with Gasteiger partial charge in [0.05, 0.1) is 5.69 Å². The van der Waals surface area contributed by atoms with Gasteiger partial charge in [-0.15, -0.1) is 12.4 Å². The van der Waals surface area contributed by atoms with Gasteiger partial charge >= 0.3 is 0 Å². The average molecular weight is 322 g/mol. The van der Waals surface area contributed by atoms with Crippen LogP contribution in [-0.2, 0) is 0 Å². The third-order valence-corrected chi connectivity index (χ3v) is 2.40. The van der Waals surface area contributed by atoms with Crippen molar-refractivity contribution in [2.24, 2.45) is 0 Å². The molecule has 0 spiro atoms. The van der Waals surface area contributed by atoms with Gasteiger partial charge in [0.1, 0.15) is 5.82 Å². The predicted molar refractivity (Wildman–Crippen MR) is 68.4 cm³/mol. The van der Waals surface area contributed by atoms with E-state index >= 15 is 0 Å². The Hall–Kier alpha value is -0.750. The number of nitrogens with one attached hydrogen (secondary N) is 1. The maximum absolute atomic E-state index is 5.51. The first-order valence-corrected chi connectivity index (χ1v) is 4.90. The quantitative estimate of drug-likeness (QED) is 0.794. The first-order valence-electron chi connectivity index (χ1n) is 3.82. The van der Waals surface area contributed by atoms with E-state index in [4.69, 9.17) is 5.73 Å². The molecule has 3 nitrogen and oxygen atoms in total. The second-order valence-corrected chi connectivity index (χ2v) is 3.96. The fourth-order valence-corrected chi connectivity index (χ4v) is 1.68. The number of benzene rings is 1. The largest absolute Gasteiger partial charge is 0.382 e. The van der Waals surface area contributed by atoms with Crippen LogP contribution in [0.15, 0.2) is 30.3 Å². The molecule has 1 aromatic heterocycles. The number of rotatable bonds is 1. The summed E-state index contributed by atoms with van der Waals surface area (Å²) in [6, 6.07) is 9.98. The maximum Gasteiger partial charge on any atom is 0.145 e. The molecule has 1 aromatic carbocycles. The van der Waals surface area contributed by atoms with Gasteiger partial charge in [-0.25, -0.2) is 0 Å². The minimum absolute atomic E-state index is 0. The SMILES string of the molecule is Cl.Nc1cc(-c2cccc(I)c2)[nH]n1. The molecule has 0 aliphatic heterocycles. The number of anilines is 1. The molecular weight excluding hydrogens is 312 g/mol. The van der Waals surface area contributed by atoms with Crippen molar-refractivity contribution in [1.29, 1.82) is 0 Å². The van der Waals surface area contributed by atoms with Crippen LogP contribution in [0.4, 0.5) is 5.82 Å². The smallest absolute Gasteiger partial charge is 0.145 e. The summed E-state index contributed by atoms with van der Waals surface area (Å²) in [6.45, 7) is 0. The topological polar surface area (TPSA) is 54.7 Å². The fourth-order valence-electron chi connectivity index (χ4n) is 1.14. The number of H-pyrrole nitrogens is 1. The van der Waals surface area contributed by atoms with E-state index in [1.165, 1.54) is 3.57 Å². The molecule has 0 bridgehead atoms. The van der Waals surface area contributed by atoms with Crippen molar-refractivity contribution in [2.75, 3.05) is 5.73 Å². The number of halogens is 2. The van der Waals surface area contributed by atoms with Crippen molar-refractivity contribution >= 4 is 40.8 Å². The van der Waals surface area contributed by atoms with Crippen molar-refractivity contribution in [3.8, 4) is 11.3 Å². The monoisotopic (exact) mass is 321 g/mol. The number of nitrogens with zero attached hydrogens (tertiary/aromatic N) is 1. The van der Waals surface area contributed by atoms with E-state index in [1.807, 2.05) is 24.3 Å². The van der Waals surface area contributed by atoms with Gasteiger partial charge in [-0.05, 0) is 34.7 Å². The van der Waals surface area contributed by atoms with Gasteiger partial charge in [-0.3, -0.25) is 5.10 Å². The number of nitrogen functional groups attached to an aromatic ring is 1. The number of hydrogen-bond acceptors (Lipinski definition) is 2. The summed E-state index contributed by atoms with van der Waals surface area (Å²) in [5, 5.41) is 6.74. The van der Waals surface area contributed by atoms with E-state index < -0.39 is 0 Å². The molecule has 0 unspecified atom stereocenters. The Morgan fingerprint density at radius 2 is 2.07 bits per heavy atom. The van der Waals surface area contributed by atoms with Crippen LogP contribution in [0.3, 0.4) is 0 Å². The van der Waals surface area contributed by atoms with Gasteiger partial charge in [-0.2, -0.15) is 5.10 Å². The van der Waals surface area contributed by atoms with Crippen LogP contribution in [0.1, 0.15) is 0 Å². The van der Waals surface area contributed by atoms with E-state index in [1.54, 1.807) is 0 Å². The molecule has 2 aromatic rings. The Morgan fingerprint density at radius 3 is 2.64 bits per heavy atom. The minimum Gasteiger partial charge on any atom is -0.382 e. The summed E-state index contributed by atoms with van der Waals surface area (Å²) in [5.41, 5.74) is 7.57. The Kier molecular flexibility index (Phi) is 3.77. The van der Waals surface area contributed by atoms with E-state index in [2.05, 4.69) is 38.9 Å². The van der Waals surface area contributed by atoms with Crippen LogP contribution in [-0.4, -0.2) is 10.2 Å². The molecule has 2 rings (SSSR count). The predicted octanol–water partition coefficient (Wildman–Crippen LogP) is 2.69. The standard InChI is InChI=1S/C9H8IN3.ClH/c10-7-3-1-2-6(4-7)8-5-9(11)13-12-8;/h1-5H,(H3,11,12,13);1H. The van der Waals surface area contributed by atoms with E-state index in [0.717, 1.165) is 11.3 Å².